The minimum atomic E-state index is -3.53. The van der Waals surface area contributed by atoms with Crippen molar-refractivity contribution in [2.75, 3.05) is 19.7 Å². The van der Waals surface area contributed by atoms with E-state index in [0.29, 0.717) is 56.2 Å². The first-order chi connectivity index (χ1) is 14.0. The largest absolute Gasteiger partial charge is 0.492 e. The van der Waals surface area contributed by atoms with Gasteiger partial charge in [-0.3, -0.25) is 4.79 Å². The van der Waals surface area contributed by atoms with Gasteiger partial charge in [-0.05, 0) is 43.5 Å². The minimum Gasteiger partial charge on any atom is -0.492 e. The summed E-state index contributed by atoms with van der Waals surface area (Å²) >= 11 is 6.04. The Hall–Kier alpha value is -2.09. The van der Waals surface area contributed by atoms with Crippen LogP contribution in [-0.4, -0.2) is 45.0 Å². The number of halogens is 1. The second kappa shape index (κ2) is 10.1. The number of carbonyl (C=O) groups excluding carboxylic acids is 1. The predicted molar refractivity (Wildman–Crippen MR) is 113 cm³/mol. The molecule has 1 heterocycles. The number of ether oxygens (including phenoxy) is 1. The van der Waals surface area contributed by atoms with Crippen molar-refractivity contribution < 1.29 is 17.9 Å². The van der Waals surface area contributed by atoms with Gasteiger partial charge in [0.1, 0.15) is 5.75 Å². The molecule has 2 aromatic rings. The Morgan fingerprint density at radius 3 is 2.41 bits per heavy atom. The highest BCUT2D eigenvalue weighted by molar-refractivity contribution is 7.89. The van der Waals surface area contributed by atoms with Crippen LogP contribution < -0.4 is 9.46 Å². The van der Waals surface area contributed by atoms with E-state index in [0.717, 1.165) is 0 Å². The number of carbonyl (C=O) groups is 1. The molecule has 0 bridgehead atoms. The van der Waals surface area contributed by atoms with Gasteiger partial charge in [-0.2, -0.15) is 0 Å². The molecule has 8 heteroatoms. The number of nitrogens with one attached hydrogen (secondary N) is 1. The van der Waals surface area contributed by atoms with E-state index < -0.39 is 10.0 Å². The van der Waals surface area contributed by atoms with Crippen LogP contribution in [0.3, 0.4) is 0 Å². The second-order valence-corrected chi connectivity index (χ2v) is 9.09. The van der Waals surface area contributed by atoms with Crippen molar-refractivity contribution in [1.29, 1.82) is 0 Å². The molecule has 1 saturated heterocycles. The molecule has 0 saturated carbocycles. The third kappa shape index (κ3) is 6.19. The number of hydrogen-bond donors (Lipinski definition) is 1. The molecule has 1 aliphatic heterocycles. The van der Waals surface area contributed by atoms with Crippen LogP contribution >= 0.6 is 11.6 Å². The van der Waals surface area contributed by atoms with Gasteiger partial charge in [-0.1, -0.05) is 41.9 Å². The van der Waals surface area contributed by atoms with Gasteiger partial charge in [0.2, 0.25) is 15.9 Å². The maximum Gasteiger partial charge on any atom is 0.240 e. The van der Waals surface area contributed by atoms with Gasteiger partial charge >= 0.3 is 0 Å². The quantitative estimate of drug-likeness (QED) is 0.643. The molecule has 1 amide bonds. The zero-order chi connectivity index (χ0) is 20.7. The smallest absolute Gasteiger partial charge is 0.240 e. The maximum absolute atomic E-state index is 12.4. The molecule has 6 nitrogen and oxygen atoms in total. The third-order valence-electron chi connectivity index (χ3n) is 4.85. The van der Waals surface area contributed by atoms with E-state index in [1.807, 2.05) is 12.1 Å². The van der Waals surface area contributed by atoms with Crippen molar-refractivity contribution in [3.05, 3.63) is 59.6 Å². The SMILES string of the molecule is O=C(CCCOc1ccccc1Cl)N1CCC(NS(=O)(=O)c2ccccc2)CC1. The zero-order valence-corrected chi connectivity index (χ0v) is 17.7. The average Bonchev–Trinajstić information content (AvgIpc) is 2.73. The summed E-state index contributed by atoms with van der Waals surface area (Å²) in [7, 11) is -3.53. The van der Waals surface area contributed by atoms with E-state index in [2.05, 4.69) is 4.72 Å². The average molecular weight is 437 g/mol. The molecule has 3 rings (SSSR count). The molecular formula is C21H25ClN2O4S. The van der Waals surface area contributed by atoms with Crippen LogP contribution in [0.2, 0.25) is 5.02 Å². The Morgan fingerprint density at radius 1 is 1.07 bits per heavy atom. The number of amides is 1. The summed E-state index contributed by atoms with van der Waals surface area (Å²) in [5.41, 5.74) is 0. The van der Waals surface area contributed by atoms with Crippen molar-refractivity contribution in [2.45, 2.75) is 36.6 Å². The van der Waals surface area contributed by atoms with Gasteiger partial charge < -0.3 is 9.64 Å². The van der Waals surface area contributed by atoms with Crippen LogP contribution in [0.4, 0.5) is 0 Å². The van der Waals surface area contributed by atoms with Crippen molar-refractivity contribution in [3.63, 3.8) is 0 Å². The van der Waals surface area contributed by atoms with Crippen molar-refractivity contribution in [2.24, 2.45) is 0 Å². The molecule has 156 valence electrons. The van der Waals surface area contributed by atoms with Crippen LogP contribution in [0, 0.1) is 0 Å². The Kier molecular flexibility index (Phi) is 7.52. The van der Waals surface area contributed by atoms with Gasteiger partial charge in [-0.25, -0.2) is 13.1 Å². The fourth-order valence-electron chi connectivity index (χ4n) is 3.26. The zero-order valence-electron chi connectivity index (χ0n) is 16.1. The topological polar surface area (TPSA) is 75.7 Å². The van der Waals surface area contributed by atoms with Crippen LogP contribution in [0.15, 0.2) is 59.5 Å². The van der Waals surface area contributed by atoms with Crippen molar-refractivity contribution in [3.8, 4) is 5.75 Å². The molecule has 1 N–H and O–H groups in total. The number of likely N-dealkylation sites (tertiary alicyclic amines) is 1. The number of para-hydroxylation sites is 1. The molecule has 1 aliphatic rings. The summed E-state index contributed by atoms with van der Waals surface area (Å²) < 4.78 is 33.2. The summed E-state index contributed by atoms with van der Waals surface area (Å²) in [6.45, 7) is 1.52. The highest BCUT2D eigenvalue weighted by atomic mass is 35.5. The number of hydrogen-bond acceptors (Lipinski definition) is 4. The Labute approximate surface area is 176 Å². The van der Waals surface area contributed by atoms with Crippen LogP contribution in [-0.2, 0) is 14.8 Å². The van der Waals surface area contributed by atoms with Gasteiger partial charge in [0.15, 0.2) is 0 Å². The monoisotopic (exact) mass is 436 g/mol. The van der Waals surface area contributed by atoms with Crippen LogP contribution in [0.5, 0.6) is 5.75 Å². The fraction of sp³-hybridized carbons (Fsp3) is 0.381. The van der Waals surface area contributed by atoms with E-state index >= 15 is 0 Å². The lowest BCUT2D eigenvalue weighted by atomic mass is 10.1. The summed E-state index contributed by atoms with van der Waals surface area (Å²) in [5.74, 6) is 0.685. The van der Waals surface area contributed by atoms with E-state index in [9.17, 15) is 13.2 Å². The summed E-state index contributed by atoms with van der Waals surface area (Å²) in [5, 5.41) is 0.554. The van der Waals surface area contributed by atoms with E-state index in [4.69, 9.17) is 16.3 Å². The predicted octanol–water partition coefficient (Wildman–Crippen LogP) is 3.47. The maximum atomic E-state index is 12.4. The number of nitrogens with zero attached hydrogens (tertiary/aromatic N) is 1. The highest BCUT2D eigenvalue weighted by Gasteiger charge is 2.26. The number of piperidine rings is 1. The third-order valence-corrected chi connectivity index (χ3v) is 6.70. The van der Waals surface area contributed by atoms with Gasteiger partial charge in [0, 0.05) is 25.6 Å². The Bertz CT molecular complexity index is 913. The van der Waals surface area contributed by atoms with Crippen LogP contribution in [0.25, 0.3) is 0 Å². The molecule has 0 atom stereocenters. The first-order valence-electron chi connectivity index (χ1n) is 9.68. The molecule has 0 unspecified atom stereocenters. The van der Waals surface area contributed by atoms with Crippen molar-refractivity contribution >= 4 is 27.5 Å². The summed E-state index contributed by atoms with van der Waals surface area (Å²) in [6, 6.07) is 15.4. The fourth-order valence-corrected chi connectivity index (χ4v) is 4.78. The van der Waals surface area contributed by atoms with Crippen LogP contribution in [0.1, 0.15) is 25.7 Å². The molecule has 2 aromatic carbocycles. The lowest BCUT2D eigenvalue weighted by molar-refractivity contribution is -0.132. The Balaban J connectivity index is 1.39. The normalized spacial score (nSPS) is 15.3. The molecule has 0 aliphatic carbocycles. The summed E-state index contributed by atoms with van der Waals surface area (Å²) in [6.07, 6.45) is 2.21. The molecule has 0 radical (unpaired) electrons. The summed E-state index contributed by atoms with van der Waals surface area (Å²) in [4.78, 5) is 14.5. The molecule has 29 heavy (non-hydrogen) atoms. The molecule has 0 aromatic heterocycles. The first kappa shape index (κ1) is 21.6. The van der Waals surface area contributed by atoms with E-state index in [1.54, 1.807) is 47.4 Å². The minimum absolute atomic E-state index is 0.0668. The number of rotatable bonds is 8. The standard InChI is InChI=1S/C21H25ClN2O4S/c22-19-9-4-5-10-20(19)28-16-6-11-21(25)24-14-12-17(13-15-24)23-29(26,27)18-7-2-1-3-8-18/h1-5,7-10,17,23H,6,11-16H2. The second-order valence-electron chi connectivity index (χ2n) is 6.97. The molecule has 1 fully saturated rings. The lowest BCUT2D eigenvalue weighted by Gasteiger charge is -2.32. The van der Waals surface area contributed by atoms with Gasteiger partial charge in [0.05, 0.1) is 16.5 Å². The van der Waals surface area contributed by atoms with Gasteiger partial charge in [-0.15, -0.1) is 0 Å². The Morgan fingerprint density at radius 2 is 1.72 bits per heavy atom. The number of benzene rings is 2. The molecular weight excluding hydrogens is 412 g/mol. The van der Waals surface area contributed by atoms with E-state index in [-0.39, 0.29) is 16.8 Å². The lowest BCUT2D eigenvalue weighted by Crippen LogP contribution is -2.46. The first-order valence-corrected chi connectivity index (χ1v) is 11.5. The number of sulfonamides is 1. The molecule has 0 spiro atoms. The van der Waals surface area contributed by atoms with E-state index in [1.165, 1.54) is 0 Å². The van der Waals surface area contributed by atoms with Gasteiger partial charge in [0.25, 0.3) is 0 Å². The van der Waals surface area contributed by atoms with Crippen molar-refractivity contribution in [1.82, 2.24) is 9.62 Å². The highest BCUT2D eigenvalue weighted by Crippen LogP contribution is 2.23.